The molecule has 1 aliphatic heterocycles. The van der Waals surface area contributed by atoms with Crippen LogP contribution >= 0.6 is 15.9 Å². The second-order valence-electron chi connectivity index (χ2n) is 9.93. The summed E-state index contributed by atoms with van der Waals surface area (Å²) < 4.78 is 2.84. The van der Waals surface area contributed by atoms with Crippen LogP contribution in [-0.2, 0) is 16.1 Å². The van der Waals surface area contributed by atoms with Crippen LogP contribution in [0.1, 0.15) is 37.7 Å². The lowest BCUT2D eigenvalue weighted by Gasteiger charge is -2.27. The molecule has 40 heavy (non-hydrogen) atoms. The zero-order valence-corrected chi connectivity index (χ0v) is 24.7. The van der Waals surface area contributed by atoms with Crippen LogP contribution in [-0.4, -0.2) is 57.1 Å². The summed E-state index contributed by atoms with van der Waals surface area (Å²) in [5, 5.41) is 2.94. The molecule has 10 heteroatoms. The SMILES string of the molecule is CN=C(C(=O)NC1=CCC(C)c2nc(-c3ccccc3)cn2C=C1)C(C(=O)N(C)Cc1ccc(Br)cn1)C(C)N. The van der Waals surface area contributed by atoms with E-state index in [1.54, 1.807) is 20.2 Å². The topological polar surface area (TPSA) is 118 Å². The third-order valence-corrected chi connectivity index (χ3v) is 7.23. The van der Waals surface area contributed by atoms with Gasteiger partial charge in [-0.05, 0) is 47.5 Å². The fourth-order valence-electron chi connectivity index (χ4n) is 4.60. The van der Waals surface area contributed by atoms with E-state index in [1.807, 2.05) is 71.6 Å². The number of carbonyl (C=O) groups is 2. The molecular weight excluding hydrogens is 570 g/mol. The van der Waals surface area contributed by atoms with Gasteiger partial charge in [0.15, 0.2) is 0 Å². The molecule has 2 aromatic heterocycles. The van der Waals surface area contributed by atoms with Gasteiger partial charge in [0.25, 0.3) is 5.91 Å². The Morgan fingerprint density at radius 2 is 2.00 bits per heavy atom. The van der Waals surface area contributed by atoms with Gasteiger partial charge in [0, 0.05) is 60.4 Å². The summed E-state index contributed by atoms with van der Waals surface area (Å²) in [6, 6.07) is 13.1. The number of nitrogens with one attached hydrogen (secondary N) is 1. The maximum atomic E-state index is 13.5. The zero-order valence-electron chi connectivity index (χ0n) is 23.1. The summed E-state index contributed by atoms with van der Waals surface area (Å²) in [6.45, 7) is 4.08. The number of hydrogen-bond donors (Lipinski definition) is 2. The predicted octanol–water partition coefficient (Wildman–Crippen LogP) is 4.38. The highest BCUT2D eigenvalue weighted by Gasteiger charge is 2.34. The summed E-state index contributed by atoms with van der Waals surface area (Å²) in [6.07, 6.45) is 10.00. The number of benzene rings is 1. The molecule has 0 saturated carbocycles. The van der Waals surface area contributed by atoms with E-state index in [1.165, 1.54) is 11.9 Å². The van der Waals surface area contributed by atoms with Gasteiger partial charge in [-0.25, -0.2) is 4.98 Å². The summed E-state index contributed by atoms with van der Waals surface area (Å²) in [5.74, 6) is -0.626. The van der Waals surface area contributed by atoms with E-state index >= 15 is 0 Å². The molecule has 0 aliphatic carbocycles. The van der Waals surface area contributed by atoms with Crippen molar-refractivity contribution < 1.29 is 9.59 Å². The Labute approximate surface area is 243 Å². The molecule has 0 spiro atoms. The molecule has 9 nitrogen and oxygen atoms in total. The first kappa shape index (κ1) is 29.1. The van der Waals surface area contributed by atoms with Gasteiger partial charge in [-0.2, -0.15) is 0 Å². The van der Waals surface area contributed by atoms with Crippen LogP contribution in [0.3, 0.4) is 0 Å². The minimum absolute atomic E-state index is 0.0784. The lowest BCUT2D eigenvalue weighted by molar-refractivity contribution is -0.133. The van der Waals surface area contributed by atoms with Gasteiger partial charge in [0.1, 0.15) is 17.5 Å². The van der Waals surface area contributed by atoms with Crippen LogP contribution in [0.15, 0.2) is 82.2 Å². The maximum Gasteiger partial charge on any atom is 0.270 e. The standard InChI is InChI=1S/C30H34BrN7O2/c1-19-10-12-23(14-15-38-18-25(36-28(19)38)21-8-6-5-7-9-21)35-29(39)27(33-3)26(20(2)32)30(40)37(4)17-24-13-11-22(31)16-34-24/h5-9,11-16,18-20,26H,10,17,32H2,1-4H3,(H,35,39). The zero-order chi connectivity index (χ0) is 28.8. The highest BCUT2D eigenvalue weighted by molar-refractivity contribution is 9.10. The van der Waals surface area contributed by atoms with E-state index in [4.69, 9.17) is 10.7 Å². The molecule has 2 amide bonds. The number of imidazole rings is 1. The van der Waals surface area contributed by atoms with Crippen LogP contribution in [0.4, 0.5) is 0 Å². The lowest BCUT2D eigenvalue weighted by Crippen LogP contribution is -2.50. The molecule has 3 unspecified atom stereocenters. The maximum absolute atomic E-state index is 13.5. The number of halogens is 1. The molecule has 3 aromatic rings. The fraction of sp³-hybridized carbons (Fsp3) is 0.300. The van der Waals surface area contributed by atoms with E-state index in [2.05, 4.69) is 38.1 Å². The van der Waals surface area contributed by atoms with E-state index in [0.717, 1.165) is 27.2 Å². The number of carbonyl (C=O) groups excluding carboxylic acids is 2. The number of pyridine rings is 1. The van der Waals surface area contributed by atoms with Crippen LogP contribution in [0.5, 0.6) is 0 Å². The highest BCUT2D eigenvalue weighted by atomic mass is 79.9. The Balaban J connectivity index is 1.50. The molecule has 0 radical (unpaired) electrons. The first-order valence-corrected chi connectivity index (χ1v) is 13.9. The number of rotatable bonds is 8. The van der Waals surface area contributed by atoms with Crippen LogP contribution in [0, 0.1) is 5.92 Å². The average Bonchev–Trinajstić information content (AvgIpc) is 3.37. The van der Waals surface area contributed by atoms with Gasteiger partial charge in [-0.1, -0.05) is 43.3 Å². The first-order chi connectivity index (χ1) is 19.2. The molecule has 0 saturated heterocycles. The number of nitrogens with two attached hydrogens (primary N) is 1. The molecule has 3 atom stereocenters. The number of aliphatic imine (C=N–C) groups is 1. The Hall–Kier alpha value is -3.89. The van der Waals surface area contributed by atoms with Gasteiger partial charge in [-0.3, -0.25) is 19.6 Å². The summed E-state index contributed by atoms with van der Waals surface area (Å²) >= 11 is 3.37. The predicted molar refractivity (Wildman–Crippen MR) is 161 cm³/mol. The van der Waals surface area contributed by atoms with Gasteiger partial charge in [0.05, 0.1) is 17.9 Å². The van der Waals surface area contributed by atoms with Crippen molar-refractivity contribution in [2.75, 3.05) is 14.1 Å². The Morgan fingerprint density at radius 1 is 1.25 bits per heavy atom. The van der Waals surface area contributed by atoms with Crippen LogP contribution in [0.2, 0.25) is 0 Å². The molecule has 1 aliphatic rings. The van der Waals surface area contributed by atoms with E-state index in [-0.39, 0.29) is 24.1 Å². The van der Waals surface area contributed by atoms with Crippen LogP contribution in [0.25, 0.3) is 17.5 Å². The molecule has 208 valence electrons. The smallest absolute Gasteiger partial charge is 0.270 e. The molecular formula is C30H34BrN7O2. The number of hydrogen-bond acceptors (Lipinski definition) is 6. The number of fused-ring (bicyclic) bond motifs is 1. The molecule has 3 heterocycles. The molecule has 0 bridgehead atoms. The third kappa shape index (κ3) is 6.81. The van der Waals surface area contributed by atoms with Gasteiger partial charge in [0.2, 0.25) is 5.91 Å². The lowest BCUT2D eigenvalue weighted by atomic mass is 9.93. The second kappa shape index (κ2) is 13.0. The largest absolute Gasteiger partial charge is 0.339 e. The Kier molecular flexibility index (Phi) is 9.44. The van der Waals surface area contributed by atoms with Crippen molar-refractivity contribution in [1.29, 1.82) is 0 Å². The highest BCUT2D eigenvalue weighted by Crippen LogP contribution is 2.27. The monoisotopic (exact) mass is 603 g/mol. The van der Waals surface area contributed by atoms with Crippen molar-refractivity contribution in [3.8, 4) is 11.3 Å². The number of aromatic nitrogens is 3. The molecule has 3 N–H and O–H groups in total. The molecule has 0 fully saturated rings. The number of amides is 2. The van der Waals surface area contributed by atoms with E-state index < -0.39 is 17.9 Å². The Bertz CT molecular complexity index is 1440. The van der Waals surface area contributed by atoms with E-state index in [0.29, 0.717) is 12.1 Å². The third-order valence-electron chi connectivity index (χ3n) is 6.76. The van der Waals surface area contributed by atoms with E-state index in [9.17, 15) is 9.59 Å². The van der Waals surface area contributed by atoms with Crippen molar-refractivity contribution in [1.82, 2.24) is 24.8 Å². The normalized spacial score (nSPS) is 16.7. The summed E-state index contributed by atoms with van der Waals surface area (Å²) in [4.78, 5) is 41.8. The van der Waals surface area contributed by atoms with Crippen molar-refractivity contribution in [3.63, 3.8) is 0 Å². The van der Waals surface area contributed by atoms with Gasteiger partial charge < -0.3 is 20.5 Å². The van der Waals surface area contributed by atoms with Gasteiger partial charge in [-0.15, -0.1) is 0 Å². The molecule has 4 rings (SSSR count). The van der Waals surface area contributed by atoms with Crippen molar-refractivity contribution in [3.05, 3.63) is 88.7 Å². The minimum atomic E-state index is -0.920. The quantitative estimate of drug-likeness (QED) is 0.370. The Morgan fingerprint density at radius 3 is 2.65 bits per heavy atom. The van der Waals surface area contributed by atoms with Gasteiger partial charge >= 0.3 is 0 Å². The number of allylic oxidation sites excluding steroid dienone is 2. The molecule has 1 aromatic carbocycles. The number of nitrogens with zero attached hydrogens (tertiary/aromatic N) is 5. The average molecular weight is 605 g/mol. The first-order valence-electron chi connectivity index (χ1n) is 13.1. The van der Waals surface area contributed by atoms with Crippen molar-refractivity contribution >= 4 is 39.7 Å². The van der Waals surface area contributed by atoms with Crippen molar-refractivity contribution in [2.45, 2.75) is 38.8 Å². The fourth-order valence-corrected chi connectivity index (χ4v) is 4.83. The van der Waals surface area contributed by atoms with Crippen LogP contribution < -0.4 is 11.1 Å². The second-order valence-corrected chi connectivity index (χ2v) is 10.8. The summed E-state index contributed by atoms with van der Waals surface area (Å²) in [7, 11) is 3.17. The summed E-state index contributed by atoms with van der Waals surface area (Å²) in [5.41, 5.74) is 9.57. The van der Waals surface area contributed by atoms with Crippen molar-refractivity contribution in [2.24, 2.45) is 16.6 Å². The minimum Gasteiger partial charge on any atom is -0.339 e.